The molecule has 0 aliphatic carbocycles. The van der Waals surface area contributed by atoms with Gasteiger partial charge in [-0.15, -0.1) is 0 Å². The van der Waals surface area contributed by atoms with Crippen molar-refractivity contribution in [2.24, 2.45) is 0 Å². The Bertz CT molecular complexity index is 299. The van der Waals surface area contributed by atoms with Crippen LogP contribution in [0.15, 0.2) is 18.2 Å². The molecule has 1 atom stereocenters. The number of nitrogens with zero attached hydrogens (tertiary/aromatic N) is 1. The fourth-order valence-corrected chi connectivity index (χ4v) is 1.18. The molecule has 0 aliphatic heterocycles. The molecule has 1 aromatic rings. The summed E-state index contributed by atoms with van der Waals surface area (Å²) in [6.07, 6.45) is -0.486. The molecule has 0 fully saturated rings. The molecule has 0 saturated heterocycles. The molecule has 1 rings (SSSR count). The molecule has 0 aromatic heterocycles. The van der Waals surface area contributed by atoms with Gasteiger partial charge in [-0.2, -0.15) is 0 Å². The third-order valence-electron chi connectivity index (χ3n) is 2.11. The topological polar surface area (TPSA) is 23.5 Å². The SMILES string of the molecule is Cc1cc(N(C)C(C)O)ccc1Cl. The van der Waals surface area contributed by atoms with Crippen molar-refractivity contribution in [2.45, 2.75) is 20.1 Å². The summed E-state index contributed by atoms with van der Waals surface area (Å²) in [5.74, 6) is 0. The van der Waals surface area contributed by atoms with E-state index in [1.807, 2.05) is 32.2 Å². The van der Waals surface area contributed by atoms with Crippen LogP contribution in [0.25, 0.3) is 0 Å². The molecule has 0 saturated carbocycles. The molecule has 0 radical (unpaired) electrons. The summed E-state index contributed by atoms with van der Waals surface area (Å²) >= 11 is 5.88. The Morgan fingerprint density at radius 3 is 2.54 bits per heavy atom. The average Bonchev–Trinajstić information content (AvgIpc) is 2.08. The second kappa shape index (κ2) is 3.99. The van der Waals surface area contributed by atoms with Gasteiger partial charge in [-0.3, -0.25) is 0 Å². The van der Waals surface area contributed by atoms with Crippen molar-refractivity contribution in [1.82, 2.24) is 0 Å². The van der Waals surface area contributed by atoms with Crippen LogP contribution in [0.2, 0.25) is 5.02 Å². The van der Waals surface area contributed by atoms with Crippen LogP contribution in [0.3, 0.4) is 0 Å². The molecule has 0 amide bonds. The number of aliphatic hydroxyl groups is 1. The van der Waals surface area contributed by atoms with Gasteiger partial charge in [-0.25, -0.2) is 0 Å². The highest BCUT2D eigenvalue weighted by Crippen LogP contribution is 2.22. The van der Waals surface area contributed by atoms with E-state index in [-0.39, 0.29) is 0 Å². The molecule has 1 unspecified atom stereocenters. The van der Waals surface area contributed by atoms with Gasteiger partial charge in [0.2, 0.25) is 0 Å². The average molecular weight is 200 g/mol. The molecule has 3 heteroatoms. The van der Waals surface area contributed by atoms with E-state index in [9.17, 15) is 5.11 Å². The van der Waals surface area contributed by atoms with E-state index in [0.717, 1.165) is 16.3 Å². The number of aryl methyl sites for hydroxylation is 1. The van der Waals surface area contributed by atoms with Crippen LogP contribution in [0.5, 0.6) is 0 Å². The largest absolute Gasteiger partial charge is 0.374 e. The van der Waals surface area contributed by atoms with Crippen LogP contribution in [0, 0.1) is 6.92 Å². The first-order chi connectivity index (χ1) is 6.02. The van der Waals surface area contributed by atoms with E-state index in [4.69, 9.17) is 11.6 Å². The molecule has 1 N–H and O–H groups in total. The van der Waals surface area contributed by atoms with Crippen LogP contribution >= 0.6 is 11.6 Å². The van der Waals surface area contributed by atoms with Crippen molar-refractivity contribution >= 4 is 17.3 Å². The van der Waals surface area contributed by atoms with Crippen molar-refractivity contribution in [3.63, 3.8) is 0 Å². The normalized spacial score (nSPS) is 12.7. The first-order valence-corrected chi connectivity index (χ1v) is 4.57. The number of hydrogen-bond acceptors (Lipinski definition) is 2. The van der Waals surface area contributed by atoms with E-state index in [1.54, 1.807) is 11.8 Å². The van der Waals surface area contributed by atoms with E-state index in [1.165, 1.54) is 0 Å². The molecule has 0 spiro atoms. The molecule has 13 heavy (non-hydrogen) atoms. The van der Waals surface area contributed by atoms with E-state index in [0.29, 0.717) is 0 Å². The lowest BCUT2D eigenvalue weighted by Crippen LogP contribution is -2.28. The van der Waals surface area contributed by atoms with Crippen molar-refractivity contribution in [2.75, 3.05) is 11.9 Å². The van der Waals surface area contributed by atoms with Crippen molar-refractivity contribution in [3.05, 3.63) is 28.8 Å². The minimum Gasteiger partial charge on any atom is -0.374 e. The zero-order valence-corrected chi connectivity index (χ0v) is 8.84. The van der Waals surface area contributed by atoms with Gasteiger partial charge in [-0.05, 0) is 37.6 Å². The Labute approximate surface area is 83.7 Å². The number of hydrogen-bond donors (Lipinski definition) is 1. The number of rotatable bonds is 2. The zero-order valence-electron chi connectivity index (χ0n) is 8.08. The van der Waals surface area contributed by atoms with Gasteiger partial charge in [0.15, 0.2) is 0 Å². The summed E-state index contributed by atoms with van der Waals surface area (Å²) in [5, 5.41) is 10.1. The first kappa shape index (κ1) is 10.4. The molecule has 2 nitrogen and oxygen atoms in total. The standard InChI is InChI=1S/C10H14ClNO/c1-7-6-9(4-5-10(7)11)12(3)8(2)13/h4-6,8,13H,1-3H3. The van der Waals surface area contributed by atoms with Gasteiger partial charge in [-0.1, -0.05) is 11.6 Å². The second-order valence-electron chi connectivity index (χ2n) is 3.18. The summed E-state index contributed by atoms with van der Waals surface area (Å²) in [5.41, 5.74) is 1.99. The highest BCUT2D eigenvalue weighted by Gasteiger charge is 2.06. The molecular formula is C10H14ClNO. The lowest BCUT2D eigenvalue weighted by Gasteiger charge is -2.22. The summed E-state index contributed by atoms with van der Waals surface area (Å²) < 4.78 is 0. The Morgan fingerprint density at radius 2 is 2.08 bits per heavy atom. The van der Waals surface area contributed by atoms with Gasteiger partial charge in [0.1, 0.15) is 6.23 Å². The van der Waals surface area contributed by atoms with Crippen molar-refractivity contribution in [1.29, 1.82) is 0 Å². The van der Waals surface area contributed by atoms with Gasteiger partial charge in [0.25, 0.3) is 0 Å². The van der Waals surface area contributed by atoms with Crippen LogP contribution in [0.4, 0.5) is 5.69 Å². The first-order valence-electron chi connectivity index (χ1n) is 4.19. The summed E-state index contributed by atoms with van der Waals surface area (Å²) in [6, 6.07) is 5.68. The lowest BCUT2D eigenvalue weighted by molar-refractivity contribution is 0.195. The highest BCUT2D eigenvalue weighted by atomic mass is 35.5. The Balaban J connectivity index is 2.97. The maximum Gasteiger partial charge on any atom is 0.123 e. The number of anilines is 1. The smallest absolute Gasteiger partial charge is 0.123 e. The zero-order chi connectivity index (χ0) is 10.0. The maximum atomic E-state index is 9.33. The molecule has 0 bridgehead atoms. The molecule has 1 aromatic carbocycles. The monoisotopic (exact) mass is 199 g/mol. The molecule has 0 aliphatic rings. The van der Waals surface area contributed by atoms with Gasteiger partial charge < -0.3 is 10.0 Å². The van der Waals surface area contributed by atoms with Gasteiger partial charge in [0, 0.05) is 17.8 Å². The minimum absolute atomic E-state index is 0.486. The Hall–Kier alpha value is -0.730. The molecule has 72 valence electrons. The highest BCUT2D eigenvalue weighted by molar-refractivity contribution is 6.31. The predicted molar refractivity (Wildman–Crippen MR) is 56.3 cm³/mol. The fraction of sp³-hybridized carbons (Fsp3) is 0.400. The molecular weight excluding hydrogens is 186 g/mol. The van der Waals surface area contributed by atoms with Crippen LogP contribution in [-0.2, 0) is 0 Å². The third kappa shape index (κ3) is 2.36. The van der Waals surface area contributed by atoms with E-state index >= 15 is 0 Å². The Kier molecular flexibility index (Phi) is 3.17. The number of halogens is 1. The number of aliphatic hydroxyl groups excluding tert-OH is 1. The van der Waals surface area contributed by atoms with Crippen molar-refractivity contribution < 1.29 is 5.11 Å². The van der Waals surface area contributed by atoms with Crippen LogP contribution in [-0.4, -0.2) is 18.4 Å². The third-order valence-corrected chi connectivity index (χ3v) is 2.53. The summed E-state index contributed by atoms with van der Waals surface area (Å²) in [7, 11) is 1.84. The lowest BCUT2D eigenvalue weighted by atomic mass is 10.2. The van der Waals surface area contributed by atoms with Crippen molar-refractivity contribution in [3.8, 4) is 0 Å². The van der Waals surface area contributed by atoms with E-state index < -0.39 is 6.23 Å². The minimum atomic E-state index is -0.486. The second-order valence-corrected chi connectivity index (χ2v) is 3.58. The quantitative estimate of drug-likeness (QED) is 0.740. The summed E-state index contributed by atoms with van der Waals surface area (Å²) in [6.45, 7) is 3.67. The Morgan fingerprint density at radius 1 is 1.46 bits per heavy atom. The molecule has 0 heterocycles. The predicted octanol–water partition coefficient (Wildman–Crippen LogP) is 2.42. The van der Waals surface area contributed by atoms with E-state index in [2.05, 4.69) is 0 Å². The van der Waals surface area contributed by atoms with Crippen LogP contribution in [0.1, 0.15) is 12.5 Å². The summed E-state index contributed by atoms with van der Waals surface area (Å²) in [4.78, 5) is 1.78. The van der Waals surface area contributed by atoms with Gasteiger partial charge in [0.05, 0.1) is 0 Å². The number of benzene rings is 1. The van der Waals surface area contributed by atoms with Crippen LogP contribution < -0.4 is 4.90 Å². The maximum absolute atomic E-state index is 9.33. The van der Waals surface area contributed by atoms with Gasteiger partial charge >= 0.3 is 0 Å². The fourth-order valence-electron chi connectivity index (χ4n) is 1.06.